The first-order valence-corrected chi connectivity index (χ1v) is 14.5. The molecule has 1 fully saturated rings. The number of amides is 3. The lowest BCUT2D eigenvalue weighted by Crippen LogP contribution is -2.54. The second-order valence-electron chi connectivity index (χ2n) is 11.6. The number of aryl methyl sites for hydroxylation is 1. The van der Waals surface area contributed by atoms with E-state index < -0.39 is 17.3 Å². The molecule has 5 aromatic rings. The zero-order valence-corrected chi connectivity index (χ0v) is 23.4. The minimum Gasteiger partial charge on any atom is -0.274 e. The molecule has 1 aliphatic heterocycles. The maximum Gasteiger partial charge on any atom is 0.271 e. The number of nitrogens with one attached hydrogen (secondary N) is 1. The molecule has 2 bridgehead atoms. The highest BCUT2D eigenvalue weighted by molar-refractivity contribution is 6.27. The Labute approximate surface area is 248 Å². The fourth-order valence-corrected chi connectivity index (χ4v) is 7.65. The van der Waals surface area contributed by atoms with Gasteiger partial charge in [0, 0.05) is 23.1 Å². The van der Waals surface area contributed by atoms with Gasteiger partial charge in [0.25, 0.3) is 5.91 Å². The van der Waals surface area contributed by atoms with E-state index in [-0.39, 0.29) is 23.6 Å². The number of hydrogen-bond donors (Lipinski definition) is 1. The highest BCUT2D eigenvalue weighted by atomic mass is 16.2. The number of benzene rings is 5. The van der Waals surface area contributed by atoms with Crippen molar-refractivity contribution in [1.29, 1.82) is 0 Å². The standard InChI is InChI=1S/C37H27N3O3/c1-22-17-19-24(20-18-22)34(41)39-38-21-37-28-14-6-4-12-26(28)31(27-13-5-7-15-29(27)37)32-33(37)36(43)40(35(32)42)30-16-8-10-23-9-2-3-11-25(23)30/h2-21,31-33H,1H3,(H,39,41)/b38-21+/t31?,32-,33+,37?/m0/s1. The van der Waals surface area contributed by atoms with Crippen molar-refractivity contribution < 1.29 is 14.4 Å². The molecule has 3 amide bonds. The first-order chi connectivity index (χ1) is 21.0. The van der Waals surface area contributed by atoms with Gasteiger partial charge in [0.2, 0.25) is 11.8 Å². The van der Waals surface area contributed by atoms with Gasteiger partial charge in [-0.05, 0) is 52.8 Å². The summed E-state index contributed by atoms with van der Waals surface area (Å²) in [6.45, 7) is 1.96. The molecule has 0 saturated carbocycles. The van der Waals surface area contributed by atoms with Crippen molar-refractivity contribution in [2.45, 2.75) is 18.3 Å². The lowest BCUT2D eigenvalue weighted by molar-refractivity contribution is -0.122. The number of hydrogen-bond acceptors (Lipinski definition) is 4. The summed E-state index contributed by atoms with van der Waals surface area (Å²) in [5.41, 5.74) is 7.68. The van der Waals surface area contributed by atoms with E-state index >= 15 is 0 Å². The van der Waals surface area contributed by atoms with Gasteiger partial charge in [-0.1, -0.05) is 103 Å². The van der Waals surface area contributed by atoms with Gasteiger partial charge in [0.15, 0.2) is 0 Å². The Morgan fingerprint density at radius 3 is 2.12 bits per heavy atom. The smallest absolute Gasteiger partial charge is 0.271 e. The van der Waals surface area contributed by atoms with Crippen LogP contribution >= 0.6 is 0 Å². The van der Waals surface area contributed by atoms with E-state index in [2.05, 4.69) is 22.7 Å². The number of nitrogens with zero attached hydrogens (tertiary/aromatic N) is 2. The lowest BCUT2D eigenvalue weighted by atomic mass is 9.47. The molecule has 1 heterocycles. The number of carbonyl (C=O) groups is 3. The first kappa shape index (κ1) is 25.4. The highest BCUT2D eigenvalue weighted by Crippen LogP contribution is 2.63. The van der Waals surface area contributed by atoms with Gasteiger partial charge in [0.1, 0.15) is 0 Å². The average Bonchev–Trinajstić information content (AvgIpc) is 3.31. The Hall–Kier alpha value is -5.36. The molecular weight excluding hydrogens is 534 g/mol. The third kappa shape index (κ3) is 3.47. The molecule has 208 valence electrons. The summed E-state index contributed by atoms with van der Waals surface area (Å²) < 4.78 is 0. The van der Waals surface area contributed by atoms with Crippen molar-refractivity contribution in [3.8, 4) is 0 Å². The first-order valence-electron chi connectivity index (χ1n) is 14.5. The zero-order valence-electron chi connectivity index (χ0n) is 23.4. The van der Waals surface area contributed by atoms with Crippen LogP contribution in [0.2, 0.25) is 0 Å². The van der Waals surface area contributed by atoms with E-state index in [1.807, 2.05) is 97.9 Å². The molecule has 0 unspecified atom stereocenters. The van der Waals surface area contributed by atoms with Crippen LogP contribution in [0.5, 0.6) is 0 Å². The molecule has 9 rings (SSSR count). The van der Waals surface area contributed by atoms with Crippen LogP contribution in [-0.2, 0) is 15.0 Å². The van der Waals surface area contributed by atoms with Crippen LogP contribution in [0.4, 0.5) is 5.69 Å². The van der Waals surface area contributed by atoms with Crippen LogP contribution in [0, 0.1) is 18.8 Å². The highest BCUT2D eigenvalue weighted by Gasteiger charge is 2.68. The quantitative estimate of drug-likeness (QED) is 0.163. The van der Waals surface area contributed by atoms with Crippen LogP contribution in [0.25, 0.3) is 10.8 Å². The molecular formula is C37H27N3O3. The number of fused-ring (bicyclic) bond motifs is 1. The van der Waals surface area contributed by atoms with E-state index in [4.69, 9.17) is 0 Å². The molecule has 4 aliphatic rings. The normalized spacial score (nSPS) is 23.4. The van der Waals surface area contributed by atoms with Crippen molar-refractivity contribution in [2.24, 2.45) is 16.9 Å². The summed E-state index contributed by atoms with van der Waals surface area (Å²) in [6.07, 6.45) is 1.70. The Morgan fingerprint density at radius 1 is 0.767 bits per heavy atom. The molecule has 0 spiro atoms. The topological polar surface area (TPSA) is 78.8 Å². The van der Waals surface area contributed by atoms with Crippen LogP contribution in [-0.4, -0.2) is 23.9 Å². The fourth-order valence-electron chi connectivity index (χ4n) is 7.65. The molecule has 5 aromatic carbocycles. The maximum atomic E-state index is 14.7. The van der Waals surface area contributed by atoms with Gasteiger partial charge < -0.3 is 0 Å². The lowest BCUT2D eigenvalue weighted by Gasteiger charge is -2.52. The number of rotatable bonds is 4. The molecule has 1 N–H and O–H groups in total. The summed E-state index contributed by atoms with van der Waals surface area (Å²) >= 11 is 0. The van der Waals surface area contributed by atoms with Crippen LogP contribution in [0.3, 0.4) is 0 Å². The predicted molar refractivity (Wildman–Crippen MR) is 166 cm³/mol. The molecule has 43 heavy (non-hydrogen) atoms. The SMILES string of the molecule is Cc1ccc(C(=O)N/N=C/C23c4ccccc4C(c4ccccc42)[C@@H]2C(=O)N(c4cccc5ccccc45)C(=O)[C@@H]23)cc1. The summed E-state index contributed by atoms with van der Waals surface area (Å²) in [7, 11) is 0. The third-order valence-electron chi connectivity index (χ3n) is 9.44. The van der Waals surface area contributed by atoms with Gasteiger partial charge in [-0.15, -0.1) is 0 Å². The zero-order chi connectivity index (χ0) is 29.3. The Balaban J connectivity index is 1.31. The van der Waals surface area contributed by atoms with Crippen LogP contribution in [0.1, 0.15) is 44.1 Å². The Morgan fingerprint density at radius 2 is 1.40 bits per heavy atom. The Bertz CT molecular complexity index is 1960. The average molecular weight is 562 g/mol. The number of hydrazone groups is 1. The summed E-state index contributed by atoms with van der Waals surface area (Å²) in [4.78, 5) is 43.7. The van der Waals surface area contributed by atoms with Gasteiger partial charge in [-0.3, -0.25) is 14.4 Å². The number of carbonyl (C=O) groups excluding carboxylic acids is 3. The molecule has 0 radical (unpaired) electrons. The van der Waals surface area contributed by atoms with E-state index in [0.717, 1.165) is 38.6 Å². The summed E-state index contributed by atoms with van der Waals surface area (Å²) in [5.74, 6) is -2.42. The largest absolute Gasteiger partial charge is 0.274 e. The monoisotopic (exact) mass is 561 g/mol. The molecule has 6 heteroatoms. The van der Waals surface area contributed by atoms with Crippen molar-refractivity contribution in [2.75, 3.05) is 4.90 Å². The van der Waals surface area contributed by atoms with Crippen LogP contribution < -0.4 is 10.3 Å². The predicted octanol–water partition coefficient (Wildman–Crippen LogP) is 6.11. The Kier molecular flexibility index (Phi) is 5.50. The van der Waals surface area contributed by atoms with E-state index in [9.17, 15) is 14.4 Å². The maximum absolute atomic E-state index is 14.7. The molecule has 2 atom stereocenters. The molecule has 0 aromatic heterocycles. The van der Waals surface area contributed by atoms with Crippen molar-refractivity contribution in [3.63, 3.8) is 0 Å². The van der Waals surface area contributed by atoms with E-state index in [0.29, 0.717) is 11.3 Å². The minimum atomic E-state index is -1.06. The second kappa shape index (κ2) is 9.33. The van der Waals surface area contributed by atoms with Gasteiger partial charge in [-0.2, -0.15) is 5.10 Å². The number of imide groups is 1. The third-order valence-corrected chi connectivity index (χ3v) is 9.44. The van der Waals surface area contributed by atoms with Crippen molar-refractivity contribution >= 4 is 40.4 Å². The van der Waals surface area contributed by atoms with E-state index in [1.54, 1.807) is 18.3 Å². The van der Waals surface area contributed by atoms with Crippen molar-refractivity contribution in [3.05, 3.63) is 149 Å². The fraction of sp³-hybridized carbons (Fsp3) is 0.135. The van der Waals surface area contributed by atoms with Crippen LogP contribution in [0.15, 0.2) is 120 Å². The van der Waals surface area contributed by atoms with E-state index in [1.165, 1.54) is 4.90 Å². The molecule has 1 saturated heterocycles. The van der Waals surface area contributed by atoms with Gasteiger partial charge >= 0.3 is 0 Å². The van der Waals surface area contributed by atoms with Gasteiger partial charge in [0.05, 0.1) is 22.9 Å². The van der Waals surface area contributed by atoms with Crippen molar-refractivity contribution in [1.82, 2.24) is 5.43 Å². The number of anilines is 1. The second-order valence-corrected chi connectivity index (χ2v) is 11.6. The summed E-state index contributed by atoms with van der Waals surface area (Å²) in [6, 6.07) is 36.8. The summed E-state index contributed by atoms with van der Waals surface area (Å²) in [5, 5.41) is 6.33. The molecule has 3 aliphatic carbocycles. The minimum absolute atomic E-state index is 0.207. The van der Waals surface area contributed by atoms with Gasteiger partial charge in [-0.25, -0.2) is 10.3 Å². The molecule has 6 nitrogen and oxygen atoms in total.